The summed E-state index contributed by atoms with van der Waals surface area (Å²) < 4.78 is 33.6. The first-order valence-electron chi connectivity index (χ1n) is 8.88. The van der Waals surface area contributed by atoms with Crippen molar-refractivity contribution in [2.75, 3.05) is 6.61 Å². The van der Waals surface area contributed by atoms with Crippen molar-refractivity contribution < 1.29 is 13.5 Å². The first kappa shape index (κ1) is 16.6. The summed E-state index contributed by atoms with van der Waals surface area (Å²) in [5, 5.41) is 0. The van der Waals surface area contributed by atoms with E-state index in [0.29, 0.717) is 23.7 Å². The Morgan fingerprint density at radius 3 is 2.48 bits per heavy atom. The van der Waals surface area contributed by atoms with E-state index in [1.807, 2.05) is 6.92 Å². The molecule has 0 spiro atoms. The molecule has 2 fully saturated rings. The van der Waals surface area contributed by atoms with Gasteiger partial charge in [0.1, 0.15) is 6.10 Å². The van der Waals surface area contributed by atoms with E-state index in [1.54, 1.807) is 12.1 Å². The van der Waals surface area contributed by atoms with Crippen molar-refractivity contribution in [1.82, 2.24) is 0 Å². The number of aryl methyl sites for hydroxylation is 1. The van der Waals surface area contributed by atoms with Crippen molar-refractivity contribution in [3.63, 3.8) is 0 Å². The molecule has 0 aromatic heterocycles. The van der Waals surface area contributed by atoms with E-state index in [4.69, 9.17) is 4.74 Å². The Kier molecular flexibility index (Phi) is 5.15. The fourth-order valence-electron chi connectivity index (χ4n) is 3.77. The Morgan fingerprint density at radius 2 is 1.87 bits per heavy atom. The molecule has 0 radical (unpaired) electrons. The SMILES string of the molecule is CCCC1CCC(/C=C/c2c(C)cc(C3CO3)c(F)c2F)CC1. The van der Waals surface area contributed by atoms with Gasteiger partial charge in [0.25, 0.3) is 0 Å². The van der Waals surface area contributed by atoms with Gasteiger partial charge in [-0.05, 0) is 56.1 Å². The molecule has 1 atom stereocenters. The highest BCUT2D eigenvalue weighted by Gasteiger charge is 2.30. The minimum Gasteiger partial charge on any atom is -0.368 e. The lowest BCUT2D eigenvalue weighted by atomic mass is 9.80. The molecule has 126 valence electrons. The summed E-state index contributed by atoms with van der Waals surface area (Å²) in [7, 11) is 0. The number of allylic oxidation sites excluding steroid dienone is 1. The number of epoxide rings is 1. The molecule has 23 heavy (non-hydrogen) atoms. The van der Waals surface area contributed by atoms with Crippen LogP contribution in [0.4, 0.5) is 8.78 Å². The number of hydrogen-bond donors (Lipinski definition) is 0. The number of halogens is 2. The standard InChI is InChI=1S/C20H26F2O/c1-3-4-14-5-7-15(8-6-14)9-10-16-13(2)11-17(18-12-23-18)20(22)19(16)21/h9-11,14-15,18H,3-8,12H2,1-2H3/b10-9+. The number of hydrogen-bond acceptors (Lipinski definition) is 1. The van der Waals surface area contributed by atoms with Crippen molar-refractivity contribution >= 4 is 6.08 Å². The second kappa shape index (κ2) is 7.12. The molecule has 2 aliphatic rings. The molecule has 0 bridgehead atoms. The van der Waals surface area contributed by atoms with Crippen molar-refractivity contribution in [2.24, 2.45) is 11.8 Å². The number of ether oxygens (including phenoxy) is 1. The third-order valence-electron chi connectivity index (χ3n) is 5.28. The van der Waals surface area contributed by atoms with E-state index in [0.717, 1.165) is 24.3 Å². The van der Waals surface area contributed by atoms with Gasteiger partial charge in [-0.25, -0.2) is 8.78 Å². The third kappa shape index (κ3) is 3.82. The molecular formula is C20H26F2O. The summed E-state index contributed by atoms with van der Waals surface area (Å²) in [5.74, 6) is -0.120. The fraction of sp³-hybridized carbons (Fsp3) is 0.600. The molecule has 3 rings (SSSR count). The minimum absolute atomic E-state index is 0.255. The second-order valence-electron chi connectivity index (χ2n) is 7.07. The molecule has 1 saturated carbocycles. The number of rotatable bonds is 5. The summed E-state index contributed by atoms with van der Waals surface area (Å²) >= 11 is 0. The molecule has 3 heteroatoms. The predicted molar refractivity (Wildman–Crippen MR) is 89.2 cm³/mol. The third-order valence-corrected chi connectivity index (χ3v) is 5.28. The summed E-state index contributed by atoms with van der Waals surface area (Å²) in [6.45, 7) is 4.57. The van der Waals surface area contributed by atoms with Crippen LogP contribution in [0, 0.1) is 30.4 Å². The molecule has 1 nitrogen and oxygen atoms in total. The van der Waals surface area contributed by atoms with Crippen LogP contribution in [0.25, 0.3) is 6.08 Å². The summed E-state index contributed by atoms with van der Waals surface area (Å²) in [6.07, 6.45) is 11.0. The van der Waals surface area contributed by atoms with Gasteiger partial charge in [0.05, 0.1) is 6.61 Å². The van der Waals surface area contributed by atoms with E-state index >= 15 is 0 Å². The van der Waals surface area contributed by atoms with Crippen LogP contribution in [-0.2, 0) is 4.74 Å². The van der Waals surface area contributed by atoms with Gasteiger partial charge in [0.15, 0.2) is 11.6 Å². The Labute approximate surface area is 137 Å². The first-order chi connectivity index (χ1) is 11.1. The van der Waals surface area contributed by atoms with Gasteiger partial charge in [0, 0.05) is 11.1 Å². The monoisotopic (exact) mass is 320 g/mol. The molecule has 1 heterocycles. The maximum atomic E-state index is 14.3. The normalized spacial score (nSPS) is 27.6. The summed E-state index contributed by atoms with van der Waals surface area (Å²) in [6, 6.07) is 1.73. The maximum Gasteiger partial charge on any atom is 0.166 e. The van der Waals surface area contributed by atoms with Crippen LogP contribution in [-0.4, -0.2) is 6.61 Å². The predicted octanol–water partition coefficient (Wildman–Crippen LogP) is 5.96. The molecule has 1 aliphatic heterocycles. The lowest BCUT2D eigenvalue weighted by Gasteiger charge is -2.26. The van der Waals surface area contributed by atoms with E-state index in [2.05, 4.69) is 13.0 Å². The topological polar surface area (TPSA) is 12.5 Å². The molecule has 0 amide bonds. The van der Waals surface area contributed by atoms with Gasteiger partial charge < -0.3 is 4.74 Å². The van der Waals surface area contributed by atoms with E-state index < -0.39 is 11.6 Å². The Bertz CT molecular complexity index is 582. The van der Waals surface area contributed by atoms with Crippen LogP contribution in [0.1, 0.15) is 68.2 Å². The van der Waals surface area contributed by atoms with Crippen molar-refractivity contribution in [3.8, 4) is 0 Å². The largest absolute Gasteiger partial charge is 0.368 e. The molecule has 1 aromatic rings. The molecule has 0 N–H and O–H groups in total. The van der Waals surface area contributed by atoms with Gasteiger partial charge in [-0.15, -0.1) is 0 Å². The summed E-state index contributed by atoms with van der Waals surface area (Å²) in [5.41, 5.74) is 1.53. The molecule has 1 saturated heterocycles. The van der Waals surface area contributed by atoms with Gasteiger partial charge in [-0.3, -0.25) is 0 Å². The van der Waals surface area contributed by atoms with Gasteiger partial charge in [-0.1, -0.05) is 31.9 Å². The van der Waals surface area contributed by atoms with Crippen LogP contribution >= 0.6 is 0 Å². The van der Waals surface area contributed by atoms with Crippen LogP contribution in [0.3, 0.4) is 0 Å². The highest BCUT2D eigenvalue weighted by atomic mass is 19.2. The zero-order valence-electron chi connectivity index (χ0n) is 14.1. The molecular weight excluding hydrogens is 294 g/mol. The van der Waals surface area contributed by atoms with Crippen molar-refractivity contribution in [1.29, 1.82) is 0 Å². The average molecular weight is 320 g/mol. The van der Waals surface area contributed by atoms with Gasteiger partial charge in [-0.2, -0.15) is 0 Å². The lowest BCUT2D eigenvalue weighted by molar-refractivity contribution is 0.294. The smallest absolute Gasteiger partial charge is 0.166 e. The van der Waals surface area contributed by atoms with Gasteiger partial charge in [0.2, 0.25) is 0 Å². The Balaban J connectivity index is 1.69. The van der Waals surface area contributed by atoms with E-state index in [-0.39, 0.29) is 6.10 Å². The molecule has 1 aromatic carbocycles. The van der Waals surface area contributed by atoms with Crippen LogP contribution in [0.15, 0.2) is 12.1 Å². The first-order valence-corrected chi connectivity index (χ1v) is 8.88. The highest BCUT2D eigenvalue weighted by Crippen LogP contribution is 2.36. The maximum absolute atomic E-state index is 14.3. The van der Waals surface area contributed by atoms with Gasteiger partial charge >= 0.3 is 0 Å². The zero-order chi connectivity index (χ0) is 16.4. The van der Waals surface area contributed by atoms with E-state index in [1.165, 1.54) is 25.7 Å². The lowest BCUT2D eigenvalue weighted by Crippen LogP contribution is -2.12. The quantitative estimate of drug-likeness (QED) is 0.609. The zero-order valence-corrected chi connectivity index (χ0v) is 14.1. The minimum atomic E-state index is -0.746. The van der Waals surface area contributed by atoms with Crippen LogP contribution < -0.4 is 0 Å². The van der Waals surface area contributed by atoms with Crippen LogP contribution in [0.5, 0.6) is 0 Å². The molecule has 1 aliphatic carbocycles. The second-order valence-corrected chi connectivity index (χ2v) is 7.07. The Morgan fingerprint density at radius 1 is 1.17 bits per heavy atom. The average Bonchev–Trinajstić information content (AvgIpc) is 3.37. The Hall–Kier alpha value is -1.22. The summed E-state index contributed by atoms with van der Waals surface area (Å²) in [4.78, 5) is 0. The molecule has 1 unspecified atom stereocenters. The fourth-order valence-corrected chi connectivity index (χ4v) is 3.77. The highest BCUT2D eigenvalue weighted by molar-refractivity contribution is 5.56. The van der Waals surface area contributed by atoms with Crippen molar-refractivity contribution in [3.05, 3.63) is 40.5 Å². The number of benzene rings is 1. The van der Waals surface area contributed by atoms with Crippen molar-refractivity contribution in [2.45, 2.75) is 58.5 Å². The van der Waals surface area contributed by atoms with Crippen LogP contribution in [0.2, 0.25) is 0 Å². The van der Waals surface area contributed by atoms with E-state index in [9.17, 15) is 8.78 Å².